The summed E-state index contributed by atoms with van der Waals surface area (Å²) in [5.41, 5.74) is 3.23. The molecule has 1 N–H and O–H groups in total. The Hall–Kier alpha value is -3.66. The van der Waals surface area contributed by atoms with E-state index in [1.807, 2.05) is 6.07 Å². The molecular weight excluding hydrogens is 563 g/mol. The molecule has 4 heterocycles. The zero-order chi connectivity index (χ0) is 30.8. The molecule has 6 rings (SSSR count). The first kappa shape index (κ1) is 30.4. The zero-order valence-electron chi connectivity index (χ0n) is 25.8. The van der Waals surface area contributed by atoms with Crippen LogP contribution in [0.2, 0.25) is 0 Å². The molecule has 2 aromatic carbocycles. The van der Waals surface area contributed by atoms with Gasteiger partial charge >= 0.3 is 0 Å². The maximum Gasteiger partial charge on any atom is 0.255 e. The van der Waals surface area contributed by atoms with Gasteiger partial charge in [0.2, 0.25) is 5.91 Å². The van der Waals surface area contributed by atoms with Crippen molar-refractivity contribution >= 4 is 23.8 Å². The van der Waals surface area contributed by atoms with Crippen LogP contribution in [0.1, 0.15) is 66.4 Å². The van der Waals surface area contributed by atoms with Crippen LogP contribution in [0.4, 0.5) is 10.1 Å². The summed E-state index contributed by atoms with van der Waals surface area (Å²) in [6.45, 7) is 5.72. The van der Waals surface area contributed by atoms with Crippen molar-refractivity contribution in [2.45, 2.75) is 62.9 Å². The topological polar surface area (TPSA) is 91.4 Å². The Kier molecular flexibility index (Phi) is 8.80. The van der Waals surface area contributed by atoms with Gasteiger partial charge in [0, 0.05) is 54.7 Å². The highest BCUT2D eigenvalue weighted by Gasteiger charge is 2.47. The number of aldehydes is 1. The van der Waals surface area contributed by atoms with Gasteiger partial charge in [0.1, 0.15) is 29.6 Å². The summed E-state index contributed by atoms with van der Waals surface area (Å²) in [5.74, 6) is 1.51. The van der Waals surface area contributed by atoms with Crippen LogP contribution in [-0.2, 0) is 21.5 Å². The first-order chi connectivity index (χ1) is 21.4. The van der Waals surface area contributed by atoms with Gasteiger partial charge in [-0.1, -0.05) is 6.07 Å². The number of likely N-dealkylation sites (tertiary alicyclic amines) is 1. The minimum atomic E-state index is -0.686. The fourth-order valence-electron chi connectivity index (χ4n) is 7.63. The van der Waals surface area contributed by atoms with Gasteiger partial charge in [-0.05, 0) is 82.3 Å². The number of rotatable bonds is 10. The number of piperidine rings is 2. The van der Waals surface area contributed by atoms with Gasteiger partial charge in [0.05, 0.1) is 25.9 Å². The van der Waals surface area contributed by atoms with Crippen molar-refractivity contribution in [3.63, 3.8) is 0 Å². The van der Waals surface area contributed by atoms with Crippen LogP contribution >= 0.6 is 0 Å². The molecule has 0 bridgehead atoms. The minimum Gasteiger partial charge on any atom is -0.497 e. The second-order valence-corrected chi connectivity index (χ2v) is 12.7. The Morgan fingerprint density at radius 3 is 2.66 bits per heavy atom. The molecule has 9 nitrogen and oxygen atoms in total. The largest absolute Gasteiger partial charge is 0.497 e. The molecule has 0 radical (unpaired) electrons. The van der Waals surface area contributed by atoms with Gasteiger partial charge in [0.15, 0.2) is 0 Å². The number of likely N-dealkylation sites (N-methyl/N-ethyl adjacent to an activating group) is 1. The third-order valence-electron chi connectivity index (χ3n) is 10.4. The van der Waals surface area contributed by atoms with Crippen LogP contribution < -0.4 is 19.7 Å². The van der Waals surface area contributed by atoms with Crippen LogP contribution in [-0.4, -0.2) is 87.4 Å². The number of fused-ring (bicyclic) bond motifs is 4. The average molecular weight is 607 g/mol. The van der Waals surface area contributed by atoms with E-state index in [1.165, 1.54) is 11.6 Å². The molecule has 0 saturated carbocycles. The Balaban J connectivity index is 1.03. The lowest BCUT2D eigenvalue weighted by atomic mass is 9.74. The Bertz CT molecular complexity index is 1400. The van der Waals surface area contributed by atoms with Gasteiger partial charge < -0.3 is 34.3 Å². The molecule has 2 aromatic rings. The number of amides is 2. The Labute approximate surface area is 258 Å². The number of nitrogens with one attached hydrogen (secondary N) is 1. The van der Waals surface area contributed by atoms with E-state index in [2.05, 4.69) is 21.2 Å². The number of carbonyl (C=O) groups excluding carboxylic acids is 3. The molecule has 10 heteroatoms. The maximum atomic E-state index is 14.5. The monoisotopic (exact) mass is 606 g/mol. The molecule has 2 amide bonds. The number of ether oxygens (including phenoxy) is 2. The molecule has 0 aromatic heterocycles. The lowest BCUT2D eigenvalue weighted by Crippen LogP contribution is -2.46. The quantitative estimate of drug-likeness (QED) is 0.410. The van der Waals surface area contributed by atoms with E-state index in [-0.39, 0.29) is 29.5 Å². The molecule has 1 atom stereocenters. The highest BCUT2D eigenvalue weighted by Crippen LogP contribution is 2.49. The lowest BCUT2D eigenvalue weighted by molar-refractivity contribution is -0.125. The van der Waals surface area contributed by atoms with Crippen molar-refractivity contribution < 1.29 is 28.2 Å². The summed E-state index contributed by atoms with van der Waals surface area (Å²) in [6.07, 6.45) is 6.58. The van der Waals surface area contributed by atoms with Gasteiger partial charge in [-0.2, -0.15) is 0 Å². The number of methoxy groups -OCH3 is 1. The van der Waals surface area contributed by atoms with Gasteiger partial charge in [-0.3, -0.25) is 9.59 Å². The smallest absolute Gasteiger partial charge is 0.255 e. The van der Waals surface area contributed by atoms with Crippen LogP contribution in [0, 0.1) is 11.7 Å². The summed E-state index contributed by atoms with van der Waals surface area (Å²) in [5, 5.41) is 2.64. The van der Waals surface area contributed by atoms with E-state index in [1.54, 1.807) is 31.2 Å². The van der Waals surface area contributed by atoms with Crippen molar-refractivity contribution in [2.75, 3.05) is 58.4 Å². The van der Waals surface area contributed by atoms with Gasteiger partial charge in [-0.25, -0.2) is 4.39 Å². The van der Waals surface area contributed by atoms with E-state index in [0.29, 0.717) is 42.5 Å². The summed E-state index contributed by atoms with van der Waals surface area (Å²) < 4.78 is 26.1. The third-order valence-corrected chi connectivity index (χ3v) is 10.4. The summed E-state index contributed by atoms with van der Waals surface area (Å²) in [7, 11) is 3.16. The molecule has 1 spiro atoms. The second kappa shape index (κ2) is 12.8. The van der Waals surface area contributed by atoms with Crippen LogP contribution in [0.5, 0.6) is 11.5 Å². The molecule has 2 saturated heterocycles. The zero-order valence-corrected chi connectivity index (χ0v) is 25.8. The summed E-state index contributed by atoms with van der Waals surface area (Å²) in [6, 6.07) is 8.23. The normalized spacial score (nSPS) is 20.3. The van der Waals surface area contributed by atoms with Crippen molar-refractivity contribution in [2.24, 2.45) is 5.92 Å². The van der Waals surface area contributed by atoms with Crippen molar-refractivity contribution in [1.29, 1.82) is 0 Å². The highest BCUT2D eigenvalue weighted by atomic mass is 19.1. The SMILES string of the molecule is CNC(=O)[C@H](CCC=O)N1Cc2c(ccc3c2OCC32CCN(CCC3CCN(c4cc(OC)ccc4F)CC3)CC2)C1=O. The Morgan fingerprint density at radius 1 is 1.18 bits per heavy atom. The molecule has 2 fully saturated rings. The van der Waals surface area contributed by atoms with E-state index < -0.39 is 6.04 Å². The van der Waals surface area contributed by atoms with Crippen LogP contribution in [0.3, 0.4) is 0 Å². The van der Waals surface area contributed by atoms with Crippen LogP contribution in [0.25, 0.3) is 0 Å². The molecule has 4 aliphatic heterocycles. The number of nitrogens with zero attached hydrogens (tertiary/aromatic N) is 3. The maximum absolute atomic E-state index is 14.5. The average Bonchev–Trinajstić information content (AvgIpc) is 3.58. The highest BCUT2D eigenvalue weighted by molar-refractivity contribution is 6.02. The van der Waals surface area contributed by atoms with Gasteiger partial charge in [-0.15, -0.1) is 0 Å². The number of hydrogen-bond acceptors (Lipinski definition) is 7. The summed E-state index contributed by atoms with van der Waals surface area (Å²) >= 11 is 0. The molecule has 4 aliphatic rings. The summed E-state index contributed by atoms with van der Waals surface area (Å²) in [4.78, 5) is 43.2. The molecule has 0 aliphatic carbocycles. The standard InChI is InChI=1S/C34H43FN4O5/c1-36-32(41)29(4-3-19-40)39-21-26-25(33(39)42)6-7-27-31(26)44-22-34(27)12-17-37(18-13-34)14-9-23-10-15-38(16-11-23)30-20-24(43-2)5-8-28(30)35/h5-8,19-20,23,29H,3-4,9-18,21-22H2,1-2H3,(H,36,41)/t29-/m0/s1. The van der Waals surface area contributed by atoms with E-state index in [0.717, 1.165) is 82.4 Å². The molecule has 44 heavy (non-hydrogen) atoms. The predicted molar refractivity (Wildman–Crippen MR) is 165 cm³/mol. The number of anilines is 1. The van der Waals surface area contributed by atoms with Crippen molar-refractivity contribution in [1.82, 2.24) is 15.1 Å². The number of benzene rings is 2. The van der Waals surface area contributed by atoms with E-state index in [9.17, 15) is 18.8 Å². The number of carbonyl (C=O) groups is 3. The van der Waals surface area contributed by atoms with Gasteiger partial charge in [0.25, 0.3) is 5.91 Å². The van der Waals surface area contributed by atoms with E-state index >= 15 is 0 Å². The van der Waals surface area contributed by atoms with Crippen molar-refractivity contribution in [3.05, 3.63) is 52.8 Å². The van der Waals surface area contributed by atoms with E-state index in [4.69, 9.17) is 9.47 Å². The molecule has 236 valence electrons. The molecular formula is C34H43FN4O5. The predicted octanol–water partition coefficient (Wildman–Crippen LogP) is 3.92. The van der Waals surface area contributed by atoms with Crippen molar-refractivity contribution in [3.8, 4) is 11.5 Å². The fourth-order valence-corrected chi connectivity index (χ4v) is 7.63. The first-order valence-corrected chi connectivity index (χ1v) is 15.9. The fraction of sp³-hybridized carbons (Fsp3) is 0.559. The van der Waals surface area contributed by atoms with Crippen LogP contribution in [0.15, 0.2) is 30.3 Å². The lowest BCUT2D eigenvalue weighted by Gasteiger charge is -2.39. The first-order valence-electron chi connectivity index (χ1n) is 15.9. The molecule has 0 unspecified atom stereocenters. The second-order valence-electron chi connectivity index (χ2n) is 12.7. The number of hydrogen-bond donors (Lipinski definition) is 1. The number of halogens is 1. The third kappa shape index (κ3) is 5.64. The minimum absolute atomic E-state index is 0.0544. The Morgan fingerprint density at radius 2 is 1.95 bits per heavy atom.